The van der Waals surface area contributed by atoms with Crippen LogP contribution in [0.5, 0.6) is 0 Å². The van der Waals surface area contributed by atoms with Crippen molar-refractivity contribution in [3.8, 4) is 0 Å². The van der Waals surface area contributed by atoms with E-state index in [1.165, 1.54) is 31.2 Å². The highest BCUT2D eigenvalue weighted by molar-refractivity contribution is 6.09. The summed E-state index contributed by atoms with van der Waals surface area (Å²) in [5.74, 6) is -0.861. The minimum atomic E-state index is -1.44. The molecule has 1 aromatic carbocycles. The Hall–Kier alpha value is -2.77. The van der Waals surface area contributed by atoms with E-state index in [4.69, 9.17) is 0 Å². The number of Topliss-reactive ketones (excluding diaryl/α,β-unsaturated/α-hetero) is 1. The Morgan fingerprint density at radius 2 is 1.96 bits per heavy atom. The number of nitro benzene ring substituents is 1. The fourth-order valence-corrected chi connectivity index (χ4v) is 2.35. The van der Waals surface area contributed by atoms with Crippen molar-refractivity contribution in [2.45, 2.75) is 33.2 Å². The Labute approximate surface area is 139 Å². The molecule has 1 aliphatic rings. The molecule has 0 bridgehead atoms. The molecule has 0 spiro atoms. The first kappa shape index (κ1) is 17.6. The number of amides is 3. The van der Waals surface area contributed by atoms with Gasteiger partial charge in [0, 0.05) is 17.5 Å². The van der Waals surface area contributed by atoms with E-state index in [-0.39, 0.29) is 18.0 Å². The van der Waals surface area contributed by atoms with Crippen molar-refractivity contribution in [1.29, 1.82) is 0 Å². The first-order valence-electron chi connectivity index (χ1n) is 7.39. The Balaban J connectivity index is 2.34. The minimum absolute atomic E-state index is 0.181. The van der Waals surface area contributed by atoms with Crippen molar-refractivity contribution in [3.63, 3.8) is 0 Å². The number of non-ortho nitro benzene ring substituents is 1. The lowest BCUT2D eigenvalue weighted by molar-refractivity contribution is -0.385. The number of nitro groups is 1. The second-order valence-electron chi connectivity index (χ2n) is 6.93. The number of hydrogen-bond acceptors (Lipinski definition) is 5. The highest BCUT2D eigenvalue weighted by Gasteiger charge is 2.50. The predicted octanol–water partition coefficient (Wildman–Crippen LogP) is 1.98. The molecule has 1 aromatic rings. The van der Waals surface area contributed by atoms with Gasteiger partial charge in [0.1, 0.15) is 5.54 Å². The minimum Gasteiger partial charge on any atom is -0.319 e. The van der Waals surface area contributed by atoms with Crippen molar-refractivity contribution in [1.82, 2.24) is 10.2 Å². The lowest BCUT2D eigenvalue weighted by Gasteiger charge is -2.23. The molecule has 8 nitrogen and oxygen atoms in total. The van der Waals surface area contributed by atoms with Crippen LogP contribution in [-0.4, -0.2) is 34.1 Å². The van der Waals surface area contributed by atoms with Crippen LogP contribution in [0, 0.1) is 15.5 Å². The zero-order valence-electron chi connectivity index (χ0n) is 14.0. The van der Waals surface area contributed by atoms with E-state index in [0.717, 1.165) is 4.90 Å². The summed E-state index contributed by atoms with van der Waals surface area (Å²) in [6.45, 7) is 6.24. The molecule has 1 heterocycles. The van der Waals surface area contributed by atoms with Gasteiger partial charge in [-0.1, -0.05) is 32.9 Å². The molecule has 1 fully saturated rings. The van der Waals surface area contributed by atoms with Gasteiger partial charge in [0.05, 0.1) is 11.5 Å². The van der Waals surface area contributed by atoms with E-state index in [1.807, 2.05) is 0 Å². The SMILES string of the molecule is CC(C)(C)C(=O)CN1C(=O)NC(C)(c2cccc([N+](=O)[O-])c2)C1=O. The van der Waals surface area contributed by atoms with Crippen LogP contribution in [0.25, 0.3) is 0 Å². The van der Waals surface area contributed by atoms with Crippen LogP contribution < -0.4 is 5.32 Å². The van der Waals surface area contributed by atoms with Gasteiger partial charge in [0.2, 0.25) is 0 Å². The molecule has 1 aliphatic heterocycles. The highest BCUT2D eigenvalue weighted by Crippen LogP contribution is 2.31. The lowest BCUT2D eigenvalue weighted by Crippen LogP contribution is -2.42. The van der Waals surface area contributed by atoms with Crippen LogP contribution in [-0.2, 0) is 15.1 Å². The van der Waals surface area contributed by atoms with E-state index in [9.17, 15) is 24.5 Å². The second-order valence-corrected chi connectivity index (χ2v) is 6.93. The first-order valence-corrected chi connectivity index (χ1v) is 7.39. The zero-order chi connectivity index (χ0) is 18.3. The Morgan fingerprint density at radius 3 is 2.50 bits per heavy atom. The molecule has 1 saturated heterocycles. The molecule has 24 heavy (non-hydrogen) atoms. The molecule has 3 amide bonds. The predicted molar refractivity (Wildman–Crippen MR) is 85.2 cm³/mol. The van der Waals surface area contributed by atoms with Gasteiger partial charge in [0.25, 0.3) is 11.6 Å². The second kappa shape index (κ2) is 5.70. The molecule has 1 unspecified atom stereocenters. The maximum Gasteiger partial charge on any atom is 0.325 e. The van der Waals surface area contributed by atoms with Crippen molar-refractivity contribution in [2.24, 2.45) is 5.41 Å². The van der Waals surface area contributed by atoms with E-state index in [1.54, 1.807) is 20.8 Å². The fourth-order valence-electron chi connectivity index (χ4n) is 2.35. The van der Waals surface area contributed by atoms with Gasteiger partial charge < -0.3 is 5.32 Å². The largest absolute Gasteiger partial charge is 0.325 e. The Morgan fingerprint density at radius 1 is 1.33 bits per heavy atom. The first-order chi connectivity index (χ1) is 11.0. The number of ketones is 1. The summed E-state index contributed by atoms with van der Waals surface area (Å²) in [6.07, 6.45) is 0. The van der Waals surface area contributed by atoms with E-state index in [0.29, 0.717) is 5.56 Å². The number of benzene rings is 1. The molecule has 0 aliphatic carbocycles. The Bertz CT molecular complexity index is 737. The van der Waals surface area contributed by atoms with Gasteiger partial charge in [-0.05, 0) is 12.5 Å². The molecule has 1 atom stereocenters. The van der Waals surface area contributed by atoms with Gasteiger partial charge >= 0.3 is 6.03 Å². The van der Waals surface area contributed by atoms with Crippen LogP contribution >= 0.6 is 0 Å². The number of carbonyl (C=O) groups is 3. The molecular weight excluding hydrogens is 314 g/mol. The molecule has 1 N–H and O–H groups in total. The summed E-state index contributed by atoms with van der Waals surface area (Å²) in [7, 11) is 0. The van der Waals surface area contributed by atoms with Crippen molar-refractivity contribution >= 4 is 23.4 Å². The number of rotatable bonds is 4. The number of nitrogens with one attached hydrogen (secondary N) is 1. The van der Waals surface area contributed by atoms with Crippen molar-refractivity contribution in [2.75, 3.05) is 6.54 Å². The quantitative estimate of drug-likeness (QED) is 0.514. The number of imide groups is 1. The topological polar surface area (TPSA) is 110 Å². The third-order valence-corrected chi connectivity index (χ3v) is 4.05. The molecular formula is C16H19N3O5. The van der Waals surface area contributed by atoms with Crippen molar-refractivity contribution in [3.05, 3.63) is 39.9 Å². The zero-order valence-corrected chi connectivity index (χ0v) is 14.0. The molecule has 2 rings (SSSR count). The van der Waals surface area contributed by atoms with Crippen LogP contribution in [0.2, 0.25) is 0 Å². The van der Waals surface area contributed by atoms with E-state index in [2.05, 4.69) is 5.32 Å². The van der Waals surface area contributed by atoms with Crippen LogP contribution in [0.4, 0.5) is 10.5 Å². The molecule has 0 aromatic heterocycles. The Kier molecular flexibility index (Phi) is 4.18. The average molecular weight is 333 g/mol. The maximum atomic E-state index is 12.7. The average Bonchev–Trinajstić information content (AvgIpc) is 2.71. The summed E-state index contributed by atoms with van der Waals surface area (Å²) in [4.78, 5) is 48.2. The fraction of sp³-hybridized carbons (Fsp3) is 0.438. The van der Waals surface area contributed by atoms with Gasteiger partial charge in [-0.25, -0.2) is 4.79 Å². The number of carbonyl (C=O) groups excluding carboxylic acids is 3. The number of nitrogens with zero attached hydrogens (tertiary/aromatic N) is 2. The van der Waals surface area contributed by atoms with Gasteiger partial charge in [-0.2, -0.15) is 0 Å². The van der Waals surface area contributed by atoms with Gasteiger partial charge in [-0.3, -0.25) is 24.6 Å². The standard InChI is InChI=1S/C16H19N3O5/c1-15(2,3)12(20)9-18-13(21)16(4,17-14(18)22)10-6-5-7-11(8-10)19(23)24/h5-8H,9H2,1-4H3,(H,17,22). The number of hydrogen-bond donors (Lipinski definition) is 1. The maximum absolute atomic E-state index is 12.7. The molecule has 128 valence electrons. The van der Waals surface area contributed by atoms with Crippen LogP contribution in [0.1, 0.15) is 33.3 Å². The summed E-state index contributed by atoms with van der Waals surface area (Å²) >= 11 is 0. The van der Waals surface area contributed by atoms with Crippen LogP contribution in [0.3, 0.4) is 0 Å². The van der Waals surface area contributed by atoms with E-state index < -0.39 is 27.8 Å². The summed E-state index contributed by atoms with van der Waals surface area (Å²) in [5, 5.41) is 13.4. The summed E-state index contributed by atoms with van der Waals surface area (Å²) in [5.41, 5.74) is -2.02. The van der Waals surface area contributed by atoms with Crippen molar-refractivity contribution < 1.29 is 19.3 Å². The normalized spacial score (nSPS) is 20.9. The summed E-state index contributed by atoms with van der Waals surface area (Å²) in [6, 6.07) is 4.83. The van der Waals surface area contributed by atoms with Gasteiger partial charge in [0.15, 0.2) is 5.78 Å². The lowest BCUT2D eigenvalue weighted by atomic mass is 9.89. The summed E-state index contributed by atoms with van der Waals surface area (Å²) < 4.78 is 0. The van der Waals surface area contributed by atoms with Gasteiger partial charge in [-0.15, -0.1) is 0 Å². The number of urea groups is 1. The molecule has 0 saturated carbocycles. The smallest absolute Gasteiger partial charge is 0.319 e. The molecule has 8 heteroatoms. The van der Waals surface area contributed by atoms with Crippen LogP contribution in [0.15, 0.2) is 24.3 Å². The molecule has 0 radical (unpaired) electrons. The third-order valence-electron chi connectivity index (χ3n) is 4.05. The van der Waals surface area contributed by atoms with E-state index >= 15 is 0 Å². The monoisotopic (exact) mass is 333 g/mol. The third kappa shape index (κ3) is 2.99. The highest BCUT2D eigenvalue weighted by atomic mass is 16.6.